The average Bonchev–Trinajstić information content (AvgIpc) is 2.25. The van der Waals surface area contributed by atoms with Crippen LogP contribution in [-0.4, -0.2) is 25.0 Å². The van der Waals surface area contributed by atoms with Crippen LogP contribution in [0.5, 0.6) is 5.75 Å². The van der Waals surface area contributed by atoms with Gasteiger partial charge in [-0.25, -0.2) is 19.0 Å². The van der Waals surface area contributed by atoms with E-state index in [1.165, 1.54) is 0 Å². The Morgan fingerprint density at radius 2 is 1.90 bits per heavy atom. The monoisotopic (exact) mass is 297 g/mol. The van der Waals surface area contributed by atoms with Crippen LogP contribution < -0.4 is 15.9 Å². The smallest absolute Gasteiger partial charge is 0.422 e. The Labute approximate surface area is 109 Å². The predicted molar refractivity (Wildman–Crippen MR) is 58.2 cm³/mol. The van der Waals surface area contributed by atoms with Gasteiger partial charge in [0.05, 0.1) is 6.21 Å². The third-order valence-corrected chi connectivity index (χ3v) is 1.79. The van der Waals surface area contributed by atoms with Gasteiger partial charge < -0.3 is 10.5 Å². The number of urea groups is 1. The van der Waals surface area contributed by atoms with E-state index in [9.17, 15) is 26.7 Å². The lowest BCUT2D eigenvalue weighted by molar-refractivity contribution is -0.154. The minimum Gasteiger partial charge on any atom is -0.478 e. The summed E-state index contributed by atoms with van der Waals surface area (Å²) in [7, 11) is 0. The summed E-state index contributed by atoms with van der Waals surface area (Å²) in [6.45, 7) is -1.82. The molecule has 2 amide bonds. The number of carbonyl (C=O) groups excluding carboxylic acids is 1. The molecule has 0 saturated carbocycles. The molecule has 0 aromatic heterocycles. The van der Waals surface area contributed by atoms with Crippen LogP contribution in [0.4, 0.5) is 26.7 Å². The van der Waals surface area contributed by atoms with Crippen molar-refractivity contribution in [3.8, 4) is 5.75 Å². The Bertz CT molecular complexity index is 507. The maximum Gasteiger partial charge on any atom is 0.422 e. The van der Waals surface area contributed by atoms with Crippen LogP contribution in [0, 0.1) is 11.6 Å². The quantitative estimate of drug-likeness (QED) is 0.506. The number of benzene rings is 1. The SMILES string of the molecule is NC(=O)NN=Cc1cc(F)c(OCC(F)(F)F)c(F)c1. The van der Waals surface area contributed by atoms with Crippen LogP contribution in [0.3, 0.4) is 0 Å². The molecule has 0 aliphatic carbocycles. The third kappa shape index (κ3) is 5.08. The Balaban J connectivity index is 2.86. The van der Waals surface area contributed by atoms with Crippen molar-refractivity contribution in [2.24, 2.45) is 10.8 Å². The van der Waals surface area contributed by atoms with Gasteiger partial charge in [-0.3, -0.25) is 0 Å². The van der Waals surface area contributed by atoms with E-state index in [2.05, 4.69) is 15.6 Å². The third-order valence-electron chi connectivity index (χ3n) is 1.79. The second-order valence-corrected chi connectivity index (χ2v) is 3.45. The van der Waals surface area contributed by atoms with E-state index in [0.29, 0.717) is 12.1 Å². The summed E-state index contributed by atoms with van der Waals surface area (Å²) >= 11 is 0. The van der Waals surface area contributed by atoms with Gasteiger partial charge in [0.1, 0.15) is 0 Å². The fourth-order valence-electron chi connectivity index (χ4n) is 1.12. The lowest BCUT2D eigenvalue weighted by atomic mass is 10.2. The largest absolute Gasteiger partial charge is 0.478 e. The van der Waals surface area contributed by atoms with Gasteiger partial charge in [-0.05, 0) is 12.1 Å². The molecule has 1 aromatic rings. The molecule has 110 valence electrons. The zero-order chi connectivity index (χ0) is 15.3. The minimum absolute atomic E-state index is 0.145. The van der Waals surface area contributed by atoms with Gasteiger partial charge in [0.15, 0.2) is 24.0 Å². The fraction of sp³-hybridized carbons (Fsp3) is 0.200. The van der Waals surface area contributed by atoms with E-state index in [1.807, 2.05) is 0 Å². The lowest BCUT2D eigenvalue weighted by Crippen LogP contribution is -2.24. The molecule has 20 heavy (non-hydrogen) atoms. The average molecular weight is 297 g/mol. The molecule has 5 nitrogen and oxygen atoms in total. The topological polar surface area (TPSA) is 76.7 Å². The number of ether oxygens (including phenoxy) is 1. The van der Waals surface area contributed by atoms with Gasteiger partial charge in [-0.15, -0.1) is 0 Å². The summed E-state index contributed by atoms with van der Waals surface area (Å²) in [4.78, 5) is 10.3. The second kappa shape index (κ2) is 6.17. The van der Waals surface area contributed by atoms with Crippen molar-refractivity contribution in [2.45, 2.75) is 6.18 Å². The first-order valence-corrected chi connectivity index (χ1v) is 4.96. The molecule has 1 rings (SSSR count). The molecule has 0 unspecified atom stereocenters. The highest BCUT2D eigenvalue weighted by molar-refractivity contribution is 5.81. The zero-order valence-electron chi connectivity index (χ0n) is 9.67. The highest BCUT2D eigenvalue weighted by Crippen LogP contribution is 2.25. The first-order valence-electron chi connectivity index (χ1n) is 4.96. The first kappa shape index (κ1) is 15.7. The van der Waals surface area contributed by atoms with E-state index in [1.54, 1.807) is 5.43 Å². The first-order chi connectivity index (χ1) is 9.19. The molecular formula is C10H8F5N3O2. The summed E-state index contributed by atoms with van der Waals surface area (Å²) in [5.74, 6) is -3.83. The Morgan fingerprint density at radius 1 is 1.35 bits per heavy atom. The van der Waals surface area contributed by atoms with Crippen molar-refractivity contribution in [1.29, 1.82) is 0 Å². The molecule has 0 bridgehead atoms. The molecule has 10 heteroatoms. The predicted octanol–water partition coefficient (Wildman–Crippen LogP) is 1.91. The zero-order valence-corrected chi connectivity index (χ0v) is 9.67. The summed E-state index contributed by atoms with van der Waals surface area (Å²) in [5, 5.41) is 3.23. The van der Waals surface area contributed by atoms with E-state index in [-0.39, 0.29) is 5.56 Å². The molecule has 0 atom stereocenters. The number of primary amides is 1. The molecule has 0 spiro atoms. The van der Waals surface area contributed by atoms with Crippen molar-refractivity contribution in [3.63, 3.8) is 0 Å². The van der Waals surface area contributed by atoms with E-state index in [4.69, 9.17) is 0 Å². The van der Waals surface area contributed by atoms with Crippen molar-refractivity contribution >= 4 is 12.2 Å². The normalized spacial score (nSPS) is 11.7. The van der Waals surface area contributed by atoms with Crippen LogP contribution in [-0.2, 0) is 0 Å². The number of nitrogens with one attached hydrogen (secondary N) is 1. The van der Waals surface area contributed by atoms with Crippen LogP contribution in [0.2, 0.25) is 0 Å². The number of hydrazone groups is 1. The van der Waals surface area contributed by atoms with Gasteiger partial charge in [-0.1, -0.05) is 0 Å². The van der Waals surface area contributed by atoms with Gasteiger partial charge in [0.25, 0.3) is 0 Å². The number of amides is 2. The standard InChI is InChI=1S/C10H8F5N3O2/c11-6-1-5(3-17-18-9(16)19)2-7(12)8(6)20-4-10(13,14)15/h1-3H,4H2,(H3,16,18,19). The summed E-state index contributed by atoms with van der Waals surface area (Å²) in [6, 6.07) is 0.370. The highest BCUT2D eigenvalue weighted by Gasteiger charge is 2.29. The molecule has 0 radical (unpaired) electrons. The van der Waals surface area contributed by atoms with E-state index in [0.717, 1.165) is 6.21 Å². The molecule has 0 aliphatic rings. The van der Waals surface area contributed by atoms with Crippen LogP contribution in [0.25, 0.3) is 0 Å². The van der Waals surface area contributed by atoms with Crippen molar-refractivity contribution in [1.82, 2.24) is 5.43 Å². The Morgan fingerprint density at radius 3 is 2.35 bits per heavy atom. The Kier molecular flexibility index (Phi) is 4.83. The van der Waals surface area contributed by atoms with Gasteiger partial charge in [0.2, 0.25) is 0 Å². The Hall–Kier alpha value is -2.39. The summed E-state index contributed by atoms with van der Waals surface area (Å²) in [6.07, 6.45) is -3.87. The van der Waals surface area contributed by atoms with E-state index < -0.39 is 36.2 Å². The highest BCUT2D eigenvalue weighted by atomic mass is 19.4. The van der Waals surface area contributed by atoms with Crippen molar-refractivity contribution < 1.29 is 31.5 Å². The fourth-order valence-corrected chi connectivity index (χ4v) is 1.12. The summed E-state index contributed by atoms with van der Waals surface area (Å²) in [5.41, 5.74) is 6.31. The van der Waals surface area contributed by atoms with E-state index >= 15 is 0 Å². The van der Waals surface area contributed by atoms with Crippen molar-refractivity contribution in [2.75, 3.05) is 6.61 Å². The number of alkyl halides is 3. The molecule has 3 N–H and O–H groups in total. The number of carbonyl (C=O) groups is 1. The van der Waals surface area contributed by atoms with Crippen LogP contribution >= 0.6 is 0 Å². The molecule has 1 aromatic carbocycles. The summed E-state index contributed by atoms with van der Waals surface area (Å²) < 4.78 is 66.4. The van der Waals surface area contributed by atoms with Gasteiger partial charge in [-0.2, -0.15) is 18.3 Å². The second-order valence-electron chi connectivity index (χ2n) is 3.45. The molecular weight excluding hydrogens is 289 g/mol. The minimum atomic E-state index is -4.72. The number of nitrogens with zero attached hydrogens (tertiary/aromatic N) is 1. The molecule has 0 heterocycles. The van der Waals surface area contributed by atoms with Crippen LogP contribution in [0.1, 0.15) is 5.56 Å². The van der Waals surface area contributed by atoms with Crippen LogP contribution in [0.15, 0.2) is 17.2 Å². The van der Waals surface area contributed by atoms with Gasteiger partial charge in [0, 0.05) is 5.56 Å². The number of hydrogen-bond donors (Lipinski definition) is 2. The molecule has 0 fully saturated rings. The number of nitrogens with two attached hydrogens (primary N) is 1. The number of rotatable bonds is 4. The van der Waals surface area contributed by atoms with Crippen molar-refractivity contribution in [3.05, 3.63) is 29.3 Å². The number of hydrogen-bond acceptors (Lipinski definition) is 3. The lowest BCUT2D eigenvalue weighted by Gasteiger charge is -2.10. The maximum absolute atomic E-state index is 13.4. The maximum atomic E-state index is 13.4. The van der Waals surface area contributed by atoms with Gasteiger partial charge >= 0.3 is 12.2 Å². The molecule has 0 saturated heterocycles. The number of halogens is 5. The molecule has 0 aliphatic heterocycles.